The van der Waals surface area contributed by atoms with Crippen LogP contribution in [0.2, 0.25) is 0 Å². The predicted molar refractivity (Wildman–Crippen MR) is 115 cm³/mol. The third kappa shape index (κ3) is 4.22. The van der Waals surface area contributed by atoms with Gasteiger partial charge in [0.2, 0.25) is 5.91 Å². The largest absolute Gasteiger partial charge is 0.497 e. The summed E-state index contributed by atoms with van der Waals surface area (Å²) in [7, 11) is 1.67. The predicted octanol–water partition coefficient (Wildman–Crippen LogP) is 5.18. The number of aryl methyl sites for hydroxylation is 1. The number of benzene rings is 2. The number of rotatable bonds is 8. The highest BCUT2D eigenvalue weighted by molar-refractivity contribution is 5.88. The second kappa shape index (κ2) is 8.96. The first-order chi connectivity index (χ1) is 13.6. The number of aromatic nitrogens is 1. The number of amides is 1. The van der Waals surface area contributed by atoms with E-state index in [1.54, 1.807) is 7.11 Å². The van der Waals surface area contributed by atoms with Crippen molar-refractivity contribution in [2.45, 2.75) is 52.0 Å². The van der Waals surface area contributed by atoms with E-state index >= 15 is 0 Å². The van der Waals surface area contributed by atoms with Crippen LogP contribution in [0.25, 0.3) is 10.9 Å². The minimum absolute atomic E-state index is 0.0417. The second-order valence-electron chi connectivity index (χ2n) is 7.35. The number of fused-ring (bicyclic) bond motifs is 1. The van der Waals surface area contributed by atoms with Crippen molar-refractivity contribution < 1.29 is 9.53 Å². The molecule has 1 heterocycles. The van der Waals surface area contributed by atoms with Gasteiger partial charge in [-0.15, -0.1) is 0 Å². The number of aromatic amines is 1. The summed E-state index contributed by atoms with van der Waals surface area (Å²) in [6, 6.07) is 14.6. The fourth-order valence-corrected chi connectivity index (χ4v) is 3.71. The number of para-hydroxylation sites is 1. The van der Waals surface area contributed by atoms with Crippen LogP contribution >= 0.6 is 0 Å². The van der Waals surface area contributed by atoms with Gasteiger partial charge in [-0.25, -0.2) is 0 Å². The fourth-order valence-electron chi connectivity index (χ4n) is 3.71. The van der Waals surface area contributed by atoms with E-state index in [0.29, 0.717) is 6.42 Å². The van der Waals surface area contributed by atoms with Crippen LogP contribution < -0.4 is 10.1 Å². The third-order valence-corrected chi connectivity index (χ3v) is 5.50. The van der Waals surface area contributed by atoms with Gasteiger partial charge in [-0.05, 0) is 48.6 Å². The summed E-state index contributed by atoms with van der Waals surface area (Å²) in [5, 5.41) is 4.29. The topological polar surface area (TPSA) is 54.1 Å². The molecule has 4 nitrogen and oxygen atoms in total. The van der Waals surface area contributed by atoms with Crippen LogP contribution in [0.5, 0.6) is 5.75 Å². The van der Waals surface area contributed by atoms with E-state index in [-0.39, 0.29) is 17.9 Å². The maximum atomic E-state index is 12.8. The average molecular weight is 379 g/mol. The molecular weight excluding hydrogens is 348 g/mol. The van der Waals surface area contributed by atoms with Gasteiger partial charge in [0, 0.05) is 35.5 Å². The summed E-state index contributed by atoms with van der Waals surface area (Å²) in [5.41, 5.74) is 4.69. The van der Waals surface area contributed by atoms with Crippen molar-refractivity contribution in [1.29, 1.82) is 0 Å². The molecule has 2 aromatic carbocycles. The van der Waals surface area contributed by atoms with E-state index in [0.717, 1.165) is 35.2 Å². The number of hydrogen-bond donors (Lipinski definition) is 2. The number of ether oxygens (including phenoxy) is 1. The van der Waals surface area contributed by atoms with Gasteiger partial charge in [-0.2, -0.15) is 0 Å². The molecule has 4 heteroatoms. The highest BCUT2D eigenvalue weighted by atomic mass is 16.5. The Morgan fingerprint density at radius 2 is 1.96 bits per heavy atom. The zero-order valence-electron chi connectivity index (χ0n) is 17.2. The van der Waals surface area contributed by atoms with Crippen LogP contribution in [0.1, 0.15) is 56.2 Å². The molecule has 0 bridgehead atoms. The standard InChI is InChI=1S/C24H30N2O2/c1-5-16(3)26-23(27)14-21(18-10-7-11-19(13-18)28-4)22-15-25-24-17(6-2)9-8-12-20(22)24/h7-13,15-16,21,25H,5-6,14H2,1-4H3,(H,26,27)/t16-,21+/m0/s1. The lowest BCUT2D eigenvalue weighted by Crippen LogP contribution is -2.33. The summed E-state index contributed by atoms with van der Waals surface area (Å²) in [6.07, 6.45) is 4.35. The number of hydrogen-bond acceptors (Lipinski definition) is 2. The van der Waals surface area contributed by atoms with Crippen molar-refractivity contribution in [2.75, 3.05) is 7.11 Å². The van der Waals surface area contributed by atoms with Gasteiger partial charge in [0.1, 0.15) is 5.75 Å². The molecule has 3 aromatic rings. The van der Waals surface area contributed by atoms with Gasteiger partial charge in [0.15, 0.2) is 0 Å². The Labute approximate surface area is 167 Å². The Balaban J connectivity index is 2.04. The molecule has 0 saturated heterocycles. The van der Waals surface area contributed by atoms with Crippen molar-refractivity contribution in [3.63, 3.8) is 0 Å². The maximum Gasteiger partial charge on any atom is 0.221 e. The van der Waals surface area contributed by atoms with Gasteiger partial charge in [0.25, 0.3) is 0 Å². The Morgan fingerprint density at radius 1 is 1.18 bits per heavy atom. The van der Waals surface area contributed by atoms with Crippen LogP contribution in [-0.2, 0) is 11.2 Å². The molecule has 148 valence electrons. The van der Waals surface area contributed by atoms with Crippen LogP contribution in [0.15, 0.2) is 48.7 Å². The number of H-pyrrole nitrogens is 1. The third-order valence-electron chi connectivity index (χ3n) is 5.50. The molecule has 2 N–H and O–H groups in total. The Hall–Kier alpha value is -2.75. The lowest BCUT2D eigenvalue weighted by molar-refractivity contribution is -0.121. The summed E-state index contributed by atoms with van der Waals surface area (Å²) in [5.74, 6) is 0.835. The minimum Gasteiger partial charge on any atom is -0.497 e. The molecule has 0 saturated carbocycles. The van der Waals surface area contributed by atoms with E-state index in [9.17, 15) is 4.79 Å². The molecule has 2 atom stereocenters. The smallest absolute Gasteiger partial charge is 0.221 e. The normalized spacial score (nSPS) is 13.3. The highest BCUT2D eigenvalue weighted by Crippen LogP contribution is 2.35. The van der Waals surface area contributed by atoms with Crippen molar-refractivity contribution in [2.24, 2.45) is 0 Å². The van der Waals surface area contributed by atoms with Crippen LogP contribution in [-0.4, -0.2) is 24.0 Å². The van der Waals surface area contributed by atoms with Crippen molar-refractivity contribution in [3.8, 4) is 5.75 Å². The molecule has 1 amide bonds. The Bertz CT molecular complexity index is 945. The second-order valence-corrected chi connectivity index (χ2v) is 7.35. The SMILES string of the molecule is CCc1cccc2c([C@H](CC(=O)N[C@@H](C)CC)c3cccc(OC)c3)c[nH]c12. The van der Waals surface area contributed by atoms with Gasteiger partial charge in [0.05, 0.1) is 7.11 Å². The summed E-state index contributed by atoms with van der Waals surface area (Å²) >= 11 is 0. The molecule has 0 aliphatic carbocycles. The summed E-state index contributed by atoms with van der Waals surface area (Å²) in [6.45, 7) is 6.28. The van der Waals surface area contributed by atoms with Gasteiger partial charge in [-0.3, -0.25) is 4.79 Å². The Kier molecular flexibility index (Phi) is 6.40. The van der Waals surface area contributed by atoms with Gasteiger partial charge >= 0.3 is 0 Å². The molecule has 1 aromatic heterocycles. The Morgan fingerprint density at radius 3 is 2.68 bits per heavy atom. The molecule has 28 heavy (non-hydrogen) atoms. The number of nitrogens with one attached hydrogen (secondary N) is 2. The molecule has 0 fully saturated rings. The van der Waals surface area contributed by atoms with E-state index in [4.69, 9.17) is 4.74 Å². The van der Waals surface area contributed by atoms with E-state index in [1.165, 1.54) is 10.9 Å². The van der Waals surface area contributed by atoms with Gasteiger partial charge < -0.3 is 15.0 Å². The monoisotopic (exact) mass is 378 g/mol. The van der Waals surface area contributed by atoms with E-state index < -0.39 is 0 Å². The molecule has 0 unspecified atom stereocenters. The van der Waals surface area contributed by atoms with E-state index in [1.807, 2.05) is 25.1 Å². The van der Waals surface area contributed by atoms with Gasteiger partial charge in [-0.1, -0.05) is 44.2 Å². The summed E-state index contributed by atoms with van der Waals surface area (Å²) in [4.78, 5) is 16.2. The van der Waals surface area contributed by atoms with Crippen molar-refractivity contribution >= 4 is 16.8 Å². The quantitative estimate of drug-likeness (QED) is 0.568. The number of methoxy groups -OCH3 is 1. The molecule has 0 radical (unpaired) electrons. The van der Waals surface area contributed by atoms with Crippen molar-refractivity contribution in [1.82, 2.24) is 10.3 Å². The average Bonchev–Trinajstić information content (AvgIpc) is 3.15. The maximum absolute atomic E-state index is 12.8. The molecule has 0 aliphatic rings. The molecule has 0 aliphatic heterocycles. The first kappa shape index (κ1) is 20.0. The molecular formula is C24H30N2O2. The van der Waals surface area contributed by atoms with E-state index in [2.05, 4.69) is 54.6 Å². The first-order valence-electron chi connectivity index (χ1n) is 10.1. The fraction of sp³-hybridized carbons (Fsp3) is 0.375. The zero-order valence-corrected chi connectivity index (χ0v) is 17.2. The van der Waals surface area contributed by atoms with Crippen LogP contribution in [0.4, 0.5) is 0 Å². The van der Waals surface area contributed by atoms with Crippen LogP contribution in [0, 0.1) is 0 Å². The zero-order chi connectivity index (χ0) is 20.1. The number of carbonyl (C=O) groups is 1. The molecule has 3 rings (SSSR count). The lowest BCUT2D eigenvalue weighted by atomic mass is 9.87. The number of carbonyl (C=O) groups excluding carboxylic acids is 1. The summed E-state index contributed by atoms with van der Waals surface area (Å²) < 4.78 is 5.42. The highest BCUT2D eigenvalue weighted by Gasteiger charge is 2.23. The first-order valence-corrected chi connectivity index (χ1v) is 10.1. The minimum atomic E-state index is -0.0417. The lowest BCUT2D eigenvalue weighted by Gasteiger charge is -2.19. The van der Waals surface area contributed by atoms with Crippen LogP contribution in [0.3, 0.4) is 0 Å². The van der Waals surface area contributed by atoms with Crippen molar-refractivity contribution in [3.05, 3.63) is 65.4 Å². The molecule has 0 spiro atoms.